The van der Waals surface area contributed by atoms with Crippen molar-refractivity contribution < 1.29 is 9.53 Å². The van der Waals surface area contributed by atoms with Crippen molar-refractivity contribution in [3.8, 4) is 0 Å². The van der Waals surface area contributed by atoms with Crippen LogP contribution in [0.4, 0.5) is 0 Å². The molecule has 1 aromatic heterocycles. The van der Waals surface area contributed by atoms with Gasteiger partial charge in [-0.15, -0.1) is 0 Å². The summed E-state index contributed by atoms with van der Waals surface area (Å²) in [5.74, 6) is -0.476. The maximum atomic E-state index is 11.2. The number of hydrogen-bond acceptors (Lipinski definition) is 4. The zero-order valence-electron chi connectivity index (χ0n) is 7.36. The summed E-state index contributed by atoms with van der Waals surface area (Å²) in [5, 5.41) is 0. The fraction of sp³-hybridized carbons (Fsp3) is 0.222. The average Bonchev–Trinajstić information content (AvgIpc) is 2.15. The van der Waals surface area contributed by atoms with E-state index in [4.69, 9.17) is 4.74 Å². The minimum atomic E-state index is -0.476. The Morgan fingerprint density at radius 2 is 2.38 bits per heavy atom. The van der Waals surface area contributed by atoms with Crippen LogP contribution in [0.25, 0.3) is 0 Å². The van der Waals surface area contributed by atoms with E-state index in [0.717, 1.165) is 5.57 Å². The van der Waals surface area contributed by atoms with Gasteiger partial charge in [-0.3, -0.25) is 4.98 Å². The molecule has 0 spiro atoms. The Labute approximate surface area is 76.3 Å². The lowest BCUT2D eigenvalue weighted by Crippen LogP contribution is -2.08. The molecule has 0 aliphatic rings. The molecule has 4 nitrogen and oxygen atoms in total. The molecule has 1 aromatic rings. The summed E-state index contributed by atoms with van der Waals surface area (Å²) < 4.78 is 4.85. The molecular weight excluding hydrogens is 168 g/mol. The highest BCUT2D eigenvalue weighted by atomic mass is 16.5. The van der Waals surface area contributed by atoms with Crippen molar-refractivity contribution in [2.75, 3.05) is 6.61 Å². The molecular formula is C9H10N2O2. The van der Waals surface area contributed by atoms with Crippen LogP contribution in [0.5, 0.6) is 0 Å². The van der Waals surface area contributed by atoms with Crippen LogP contribution < -0.4 is 0 Å². The van der Waals surface area contributed by atoms with Gasteiger partial charge in [0.15, 0.2) is 5.69 Å². The SMILES string of the molecule is C=C(C)COC(=O)c1cnccn1. The van der Waals surface area contributed by atoms with Crippen LogP contribution in [-0.4, -0.2) is 22.5 Å². The van der Waals surface area contributed by atoms with E-state index in [0.29, 0.717) is 0 Å². The molecule has 1 heterocycles. The predicted octanol–water partition coefficient (Wildman–Crippen LogP) is 1.21. The molecule has 0 amide bonds. The van der Waals surface area contributed by atoms with Gasteiger partial charge in [-0.2, -0.15) is 0 Å². The molecule has 0 aliphatic heterocycles. The maximum absolute atomic E-state index is 11.2. The largest absolute Gasteiger partial charge is 0.456 e. The molecule has 0 bridgehead atoms. The first-order valence-corrected chi connectivity index (χ1v) is 3.77. The summed E-state index contributed by atoms with van der Waals surface area (Å²) >= 11 is 0. The highest BCUT2D eigenvalue weighted by Gasteiger charge is 2.07. The minimum Gasteiger partial charge on any atom is -0.456 e. The van der Waals surface area contributed by atoms with Crippen molar-refractivity contribution in [3.63, 3.8) is 0 Å². The minimum absolute atomic E-state index is 0.212. The number of nitrogens with zero attached hydrogens (tertiary/aromatic N) is 2. The summed E-state index contributed by atoms with van der Waals surface area (Å²) in [4.78, 5) is 18.7. The van der Waals surface area contributed by atoms with Gasteiger partial charge in [0.2, 0.25) is 0 Å². The molecule has 0 aromatic carbocycles. The second kappa shape index (κ2) is 4.35. The third kappa shape index (κ3) is 3.02. The van der Waals surface area contributed by atoms with Crippen LogP contribution >= 0.6 is 0 Å². The number of carbonyl (C=O) groups excluding carboxylic acids is 1. The van der Waals surface area contributed by atoms with Crippen LogP contribution in [0.2, 0.25) is 0 Å². The van der Waals surface area contributed by atoms with Gasteiger partial charge >= 0.3 is 5.97 Å². The van der Waals surface area contributed by atoms with E-state index in [9.17, 15) is 4.79 Å². The number of carbonyl (C=O) groups is 1. The topological polar surface area (TPSA) is 52.1 Å². The quantitative estimate of drug-likeness (QED) is 0.515. The van der Waals surface area contributed by atoms with Gasteiger partial charge in [0, 0.05) is 12.4 Å². The number of ether oxygens (including phenoxy) is 1. The third-order valence-corrected chi connectivity index (χ3v) is 1.22. The Hall–Kier alpha value is -1.71. The van der Waals surface area contributed by atoms with E-state index in [1.807, 2.05) is 0 Å². The maximum Gasteiger partial charge on any atom is 0.358 e. The van der Waals surface area contributed by atoms with E-state index in [1.165, 1.54) is 18.6 Å². The van der Waals surface area contributed by atoms with Crippen molar-refractivity contribution >= 4 is 5.97 Å². The number of aromatic nitrogens is 2. The van der Waals surface area contributed by atoms with Gasteiger partial charge in [0.05, 0.1) is 6.20 Å². The molecule has 0 radical (unpaired) electrons. The van der Waals surface area contributed by atoms with Crippen molar-refractivity contribution in [2.45, 2.75) is 6.92 Å². The second-order valence-corrected chi connectivity index (χ2v) is 2.62. The molecule has 1 rings (SSSR count). The highest BCUT2D eigenvalue weighted by molar-refractivity contribution is 5.86. The average molecular weight is 178 g/mol. The number of hydrogen-bond donors (Lipinski definition) is 0. The van der Waals surface area contributed by atoms with Gasteiger partial charge in [-0.1, -0.05) is 6.58 Å². The highest BCUT2D eigenvalue weighted by Crippen LogP contribution is 1.96. The summed E-state index contributed by atoms with van der Waals surface area (Å²) in [7, 11) is 0. The van der Waals surface area contributed by atoms with Gasteiger partial charge in [0.1, 0.15) is 6.61 Å². The molecule has 13 heavy (non-hydrogen) atoms. The summed E-state index contributed by atoms with van der Waals surface area (Å²) in [6.45, 7) is 5.61. The Balaban J connectivity index is 2.54. The van der Waals surface area contributed by atoms with E-state index < -0.39 is 5.97 Å². The fourth-order valence-corrected chi connectivity index (χ4v) is 0.667. The van der Waals surface area contributed by atoms with Crippen LogP contribution in [0.1, 0.15) is 17.4 Å². The van der Waals surface area contributed by atoms with E-state index in [1.54, 1.807) is 6.92 Å². The Morgan fingerprint density at radius 1 is 1.62 bits per heavy atom. The second-order valence-electron chi connectivity index (χ2n) is 2.62. The van der Waals surface area contributed by atoms with Gasteiger partial charge in [-0.05, 0) is 12.5 Å². The van der Waals surface area contributed by atoms with Crippen LogP contribution in [0.15, 0.2) is 30.7 Å². The Bertz CT molecular complexity index is 309. The molecule has 0 fully saturated rings. The summed E-state index contributed by atoms with van der Waals surface area (Å²) in [5.41, 5.74) is 1.00. The van der Waals surface area contributed by atoms with Crippen LogP contribution in [0, 0.1) is 0 Å². The van der Waals surface area contributed by atoms with Crippen LogP contribution in [-0.2, 0) is 4.74 Å². The predicted molar refractivity (Wildman–Crippen MR) is 47.1 cm³/mol. The zero-order valence-corrected chi connectivity index (χ0v) is 7.36. The summed E-state index contributed by atoms with van der Waals surface area (Å²) in [6, 6.07) is 0. The number of esters is 1. The standard InChI is InChI=1S/C9H10N2O2/c1-7(2)6-13-9(12)8-5-10-3-4-11-8/h3-5H,1,6H2,2H3. The van der Waals surface area contributed by atoms with Crippen molar-refractivity contribution in [1.29, 1.82) is 0 Å². The molecule has 4 heteroatoms. The summed E-state index contributed by atoms with van der Waals surface area (Å²) in [6.07, 6.45) is 4.30. The molecule has 0 atom stereocenters. The lowest BCUT2D eigenvalue weighted by atomic mass is 10.4. The fourth-order valence-electron chi connectivity index (χ4n) is 0.667. The third-order valence-electron chi connectivity index (χ3n) is 1.22. The van der Waals surface area contributed by atoms with Gasteiger partial charge in [0.25, 0.3) is 0 Å². The van der Waals surface area contributed by atoms with Gasteiger partial charge in [-0.25, -0.2) is 9.78 Å². The van der Waals surface area contributed by atoms with Crippen molar-refractivity contribution in [1.82, 2.24) is 9.97 Å². The van der Waals surface area contributed by atoms with Gasteiger partial charge < -0.3 is 4.74 Å². The normalized spacial score (nSPS) is 9.31. The zero-order chi connectivity index (χ0) is 9.68. The van der Waals surface area contributed by atoms with Crippen LogP contribution in [0.3, 0.4) is 0 Å². The first-order chi connectivity index (χ1) is 6.20. The molecule has 0 unspecified atom stereocenters. The molecule has 0 saturated heterocycles. The van der Waals surface area contributed by atoms with Crippen molar-refractivity contribution in [3.05, 3.63) is 36.4 Å². The lowest BCUT2D eigenvalue weighted by Gasteiger charge is -2.01. The molecule has 0 N–H and O–H groups in total. The molecule has 0 aliphatic carbocycles. The van der Waals surface area contributed by atoms with Crippen molar-refractivity contribution in [2.24, 2.45) is 0 Å². The number of rotatable bonds is 3. The lowest BCUT2D eigenvalue weighted by molar-refractivity contribution is 0.0533. The first kappa shape index (κ1) is 9.38. The molecule has 0 saturated carbocycles. The Kier molecular flexibility index (Phi) is 3.14. The van der Waals surface area contributed by atoms with E-state index >= 15 is 0 Å². The Morgan fingerprint density at radius 3 is 2.92 bits per heavy atom. The van der Waals surface area contributed by atoms with E-state index in [2.05, 4.69) is 16.5 Å². The smallest absolute Gasteiger partial charge is 0.358 e. The first-order valence-electron chi connectivity index (χ1n) is 3.77. The monoisotopic (exact) mass is 178 g/mol. The molecule has 68 valence electrons. The van der Waals surface area contributed by atoms with E-state index in [-0.39, 0.29) is 12.3 Å².